The molecule has 4 aromatic rings. The molecule has 196 valence electrons. The first-order valence-electron chi connectivity index (χ1n) is 12.1. The van der Waals surface area contributed by atoms with Crippen LogP contribution in [0.3, 0.4) is 0 Å². The fourth-order valence-electron chi connectivity index (χ4n) is 4.81. The van der Waals surface area contributed by atoms with Crippen molar-refractivity contribution in [3.8, 4) is 11.3 Å². The van der Waals surface area contributed by atoms with Crippen LogP contribution in [0.15, 0.2) is 41.3 Å². The van der Waals surface area contributed by atoms with E-state index in [4.69, 9.17) is 10.7 Å². The molecule has 4 heterocycles. The molecule has 2 N–H and O–H groups in total. The van der Waals surface area contributed by atoms with E-state index in [-0.39, 0.29) is 11.1 Å². The highest BCUT2D eigenvalue weighted by Crippen LogP contribution is 2.31. The fourth-order valence-corrected chi connectivity index (χ4v) is 4.81. The minimum Gasteiger partial charge on any atom is -0.398 e. The van der Waals surface area contributed by atoms with Crippen molar-refractivity contribution in [2.75, 3.05) is 12.3 Å². The first-order chi connectivity index (χ1) is 17.3. The van der Waals surface area contributed by atoms with Gasteiger partial charge in [0.2, 0.25) is 0 Å². The van der Waals surface area contributed by atoms with Gasteiger partial charge in [-0.1, -0.05) is 26.8 Å². The van der Waals surface area contributed by atoms with Gasteiger partial charge >= 0.3 is 11.9 Å². The van der Waals surface area contributed by atoms with E-state index in [1.165, 1.54) is 0 Å². The van der Waals surface area contributed by atoms with E-state index in [9.17, 15) is 18.0 Å². The second-order valence-corrected chi connectivity index (χ2v) is 10.9. The predicted octanol–water partition coefficient (Wildman–Crippen LogP) is 4.26. The van der Waals surface area contributed by atoms with Gasteiger partial charge in [0.25, 0.3) is 0 Å². The molecule has 0 saturated heterocycles. The van der Waals surface area contributed by atoms with Gasteiger partial charge in [-0.3, -0.25) is 14.0 Å². The van der Waals surface area contributed by atoms with Gasteiger partial charge in [0.05, 0.1) is 17.8 Å². The zero-order valence-corrected chi connectivity index (χ0v) is 21.3. The number of halogens is 3. The molecule has 5 rings (SSSR count). The number of nitrogen functional groups attached to an aromatic ring is 1. The maximum Gasteiger partial charge on any atom is 0.434 e. The fraction of sp³-hybridized carbons (Fsp3) is 0.423. The van der Waals surface area contributed by atoms with Crippen LogP contribution in [0.1, 0.15) is 37.9 Å². The second-order valence-electron chi connectivity index (χ2n) is 10.9. The molecular weight excluding hydrogens is 483 g/mol. The second kappa shape index (κ2) is 8.76. The topological polar surface area (TPSA) is 86.9 Å². The molecular formula is C26H30F3N7O. The van der Waals surface area contributed by atoms with Crippen molar-refractivity contribution in [2.24, 2.45) is 12.5 Å². The maximum absolute atomic E-state index is 13.1. The average Bonchev–Trinajstić information content (AvgIpc) is 3.34. The van der Waals surface area contributed by atoms with E-state index in [1.54, 1.807) is 20.7 Å². The molecule has 3 aromatic heterocycles. The van der Waals surface area contributed by atoms with Crippen molar-refractivity contribution in [3.05, 3.63) is 64.1 Å². The first kappa shape index (κ1) is 25.1. The van der Waals surface area contributed by atoms with E-state index < -0.39 is 11.9 Å². The molecule has 8 nitrogen and oxygen atoms in total. The summed E-state index contributed by atoms with van der Waals surface area (Å²) in [6, 6.07) is 9.45. The van der Waals surface area contributed by atoms with Gasteiger partial charge < -0.3 is 10.3 Å². The lowest BCUT2D eigenvalue weighted by molar-refractivity contribution is -0.141. The summed E-state index contributed by atoms with van der Waals surface area (Å²) in [4.78, 5) is 23.5. The number of benzene rings is 1. The molecule has 0 fully saturated rings. The lowest BCUT2D eigenvalue weighted by Crippen LogP contribution is -2.33. The molecule has 1 aliphatic rings. The van der Waals surface area contributed by atoms with Gasteiger partial charge in [-0.15, -0.1) is 0 Å². The lowest BCUT2D eigenvalue weighted by Gasteiger charge is -2.27. The van der Waals surface area contributed by atoms with Gasteiger partial charge in [-0.25, -0.2) is 14.8 Å². The third-order valence-electron chi connectivity index (χ3n) is 6.58. The summed E-state index contributed by atoms with van der Waals surface area (Å²) in [5.74, 6) is 0.405. The quantitative estimate of drug-likeness (QED) is 0.412. The number of aryl methyl sites for hydroxylation is 1. The van der Waals surface area contributed by atoms with E-state index in [2.05, 4.69) is 30.7 Å². The molecule has 0 unspecified atom stereocenters. The van der Waals surface area contributed by atoms with Gasteiger partial charge in [-0.05, 0) is 35.2 Å². The minimum absolute atomic E-state index is 0.0739. The van der Waals surface area contributed by atoms with Gasteiger partial charge in [0, 0.05) is 50.7 Å². The normalized spacial score (nSPS) is 14.9. The molecule has 0 bridgehead atoms. The Balaban J connectivity index is 1.42. The van der Waals surface area contributed by atoms with Crippen molar-refractivity contribution < 1.29 is 13.2 Å². The maximum atomic E-state index is 13.1. The summed E-state index contributed by atoms with van der Waals surface area (Å²) >= 11 is 0. The Morgan fingerprint density at radius 1 is 1.05 bits per heavy atom. The molecule has 0 spiro atoms. The monoisotopic (exact) mass is 513 g/mol. The Morgan fingerprint density at radius 3 is 2.51 bits per heavy atom. The van der Waals surface area contributed by atoms with E-state index in [1.807, 2.05) is 30.3 Å². The Labute approximate surface area is 212 Å². The number of nitrogens with two attached hydrogens (primary N) is 1. The number of hydrogen-bond donors (Lipinski definition) is 1. The Hall–Kier alpha value is -3.60. The van der Waals surface area contributed by atoms with Gasteiger partial charge in [0.15, 0.2) is 11.3 Å². The number of hydrogen-bond acceptors (Lipinski definition) is 5. The number of imidazole rings is 2. The molecule has 11 heteroatoms. The summed E-state index contributed by atoms with van der Waals surface area (Å²) in [6.45, 7) is 8.71. The predicted molar refractivity (Wildman–Crippen MR) is 136 cm³/mol. The number of rotatable bonds is 4. The van der Waals surface area contributed by atoms with E-state index in [0.717, 1.165) is 22.8 Å². The summed E-state index contributed by atoms with van der Waals surface area (Å²) in [6.07, 6.45) is -3.37. The highest BCUT2D eigenvalue weighted by Gasteiger charge is 2.35. The smallest absolute Gasteiger partial charge is 0.398 e. The summed E-state index contributed by atoms with van der Waals surface area (Å²) in [5, 5.41) is 0. The SMILES string of the molecule is Cn1c(=O)n(CC(C)(C)C)c2ccc(-c3cc(CN4CCn5cc(C(F)(F)F)nc5C4)ccc3N)nc21. The first-order valence-corrected chi connectivity index (χ1v) is 12.1. The number of alkyl halides is 3. The zero-order valence-electron chi connectivity index (χ0n) is 21.3. The highest BCUT2D eigenvalue weighted by molar-refractivity contribution is 5.80. The van der Waals surface area contributed by atoms with Crippen molar-refractivity contribution in [3.63, 3.8) is 0 Å². The van der Waals surface area contributed by atoms with Crippen molar-refractivity contribution in [1.82, 2.24) is 28.6 Å². The standard InChI is InChI=1S/C26H30F3N7O/c1-25(2,3)15-36-20-8-7-19(31-23(20)33(4)24(36)37)17-11-16(5-6-18(17)30)12-34-9-10-35-13-21(26(27,28)29)32-22(35)14-34/h5-8,11,13H,9-10,12,14-15,30H2,1-4H3. The van der Waals surface area contributed by atoms with Crippen LogP contribution in [-0.2, 0) is 39.4 Å². The summed E-state index contributed by atoms with van der Waals surface area (Å²) < 4.78 is 44.0. The van der Waals surface area contributed by atoms with Crippen molar-refractivity contribution >= 4 is 16.9 Å². The third-order valence-corrected chi connectivity index (χ3v) is 6.58. The van der Waals surface area contributed by atoms with Crippen molar-refractivity contribution in [1.29, 1.82) is 0 Å². The van der Waals surface area contributed by atoms with E-state index in [0.29, 0.717) is 55.6 Å². The van der Waals surface area contributed by atoms with Crippen LogP contribution < -0.4 is 11.4 Å². The Kier molecular flexibility index (Phi) is 5.93. The number of nitrogens with zero attached hydrogens (tertiary/aromatic N) is 6. The number of anilines is 1. The molecule has 0 aliphatic carbocycles. The van der Waals surface area contributed by atoms with Crippen LogP contribution in [0, 0.1) is 5.41 Å². The van der Waals surface area contributed by atoms with Crippen LogP contribution in [0.2, 0.25) is 0 Å². The molecule has 1 aliphatic heterocycles. The summed E-state index contributed by atoms with van der Waals surface area (Å²) in [5.41, 5.74) is 9.53. The Bertz CT molecular complexity index is 1540. The van der Waals surface area contributed by atoms with Crippen molar-refractivity contribution in [2.45, 2.75) is 53.1 Å². The third kappa shape index (κ3) is 4.87. The highest BCUT2D eigenvalue weighted by atomic mass is 19.4. The van der Waals surface area contributed by atoms with Gasteiger partial charge in [0.1, 0.15) is 5.82 Å². The lowest BCUT2D eigenvalue weighted by atomic mass is 9.97. The minimum atomic E-state index is -4.45. The van der Waals surface area contributed by atoms with Crippen LogP contribution in [0.25, 0.3) is 22.4 Å². The Morgan fingerprint density at radius 2 is 1.81 bits per heavy atom. The molecule has 0 radical (unpaired) electrons. The van der Waals surface area contributed by atoms with Gasteiger partial charge in [-0.2, -0.15) is 13.2 Å². The number of fused-ring (bicyclic) bond motifs is 2. The van der Waals surface area contributed by atoms with Crippen LogP contribution in [0.5, 0.6) is 0 Å². The van der Waals surface area contributed by atoms with Crippen LogP contribution >= 0.6 is 0 Å². The number of pyridine rings is 1. The molecule has 0 saturated carbocycles. The van der Waals surface area contributed by atoms with E-state index >= 15 is 0 Å². The largest absolute Gasteiger partial charge is 0.434 e. The summed E-state index contributed by atoms with van der Waals surface area (Å²) in [7, 11) is 1.71. The number of aromatic nitrogens is 5. The molecule has 1 aromatic carbocycles. The zero-order chi connectivity index (χ0) is 26.7. The molecule has 0 atom stereocenters. The van der Waals surface area contributed by atoms with Crippen LogP contribution in [-0.4, -0.2) is 35.1 Å². The average molecular weight is 514 g/mol. The molecule has 0 amide bonds. The van der Waals surface area contributed by atoms with Crippen LogP contribution in [0.4, 0.5) is 18.9 Å². The molecule has 37 heavy (non-hydrogen) atoms.